The number of hydrogen-bond acceptors (Lipinski definition) is 2. The largest absolute Gasteiger partial charge is 0.366 e. The number of aromatic nitrogens is 1. The van der Waals surface area contributed by atoms with E-state index in [1.54, 1.807) is 6.07 Å². The summed E-state index contributed by atoms with van der Waals surface area (Å²) < 4.78 is 0. The van der Waals surface area contributed by atoms with E-state index in [1.807, 2.05) is 24.4 Å². The summed E-state index contributed by atoms with van der Waals surface area (Å²) in [6.45, 7) is 2.23. The fourth-order valence-electron chi connectivity index (χ4n) is 2.77. The van der Waals surface area contributed by atoms with Crippen LogP contribution in [0.3, 0.4) is 0 Å². The van der Waals surface area contributed by atoms with Crippen LogP contribution in [0.15, 0.2) is 30.5 Å². The fraction of sp³-hybridized carbons (Fsp3) is 0.444. The van der Waals surface area contributed by atoms with Crippen molar-refractivity contribution < 1.29 is 4.79 Å². The van der Waals surface area contributed by atoms with Crippen molar-refractivity contribution in [2.75, 3.05) is 0 Å². The van der Waals surface area contributed by atoms with Crippen LogP contribution in [0.1, 0.15) is 61.5 Å². The topological polar surface area (TPSA) is 56.0 Å². The Morgan fingerprint density at radius 3 is 2.62 bits per heavy atom. The van der Waals surface area contributed by atoms with Gasteiger partial charge in [-0.2, -0.15) is 0 Å². The SMILES string of the molecule is CCCCCCCCc1nccc2cccc(C(N)=O)c12. The Hall–Kier alpha value is -1.90. The molecule has 1 aromatic heterocycles. The highest BCUT2D eigenvalue weighted by Crippen LogP contribution is 2.23. The highest BCUT2D eigenvalue weighted by Gasteiger charge is 2.11. The lowest BCUT2D eigenvalue weighted by atomic mass is 9.99. The third-order valence-electron chi connectivity index (χ3n) is 3.90. The van der Waals surface area contributed by atoms with Crippen LogP contribution >= 0.6 is 0 Å². The average Bonchev–Trinajstić information content (AvgIpc) is 2.50. The number of aryl methyl sites for hydroxylation is 1. The molecule has 0 saturated heterocycles. The van der Waals surface area contributed by atoms with E-state index in [0.717, 1.165) is 29.3 Å². The molecule has 0 aliphatic carbocycles. The molecule has 2 rings (SSSR count). The first-order chi connectivity index (χ1) is 10.2. The van der Waals surface area contributed by atoms with Crippen LogP contribution in [0.4, 0.5) is 0 Å². The second-order valence-electron chi connectivity index (χ2n) is 5.54. The Morgan fingerprint density at radius 2 is 1.86 bits per heavy atom. The molecule has 0 atom stereocenters. The number of carbonyl (C=O) groups excluding carboxylic acids is 1. The Labute approximate surface area is 126 Å². The number of carbonyl (C=O) groups is 1. The highest BCUT2D eigenvalue weighted by molar-refractivity contribution is 6.07. The van der Waals surface area contributed by atoms with Gasteiger partial charge >= 0.3 is 0 Å². The van der Waals surface area contributed by atoms with Gasteiger partial charge in [0.05, 0.1) is 0 Å². The summed E-state index contributed by atoms with van der Waals surface area (Å²) in [5.41, 5.74) is 7.07. The molecule has 0 spiro atoms. The van der Waals surface area contributed by atoms with Crippen molar-refractivity contribution in [2.45, 2.75) is 51.9 Å². The third-order valence-corrected chi connectivity index (χ3v) is 3.90. The van der Waals surface area contributed by atoms with Crippen LogP contribution in [0.25, 0.3) is 10.8 Å². The van der Waals surface area contributed by atoms with E-state index in [1.165, 1.54) is 32.1 Å². The molecule has 1 aromatic carbocycles. The summed E-state index contributed by atoms with van der Waals surface area (Å²) in [6.07, 6.45) is 10.2. The molecule has 3 heteroatoms. The van der Waals surface area contributed by atoms with Crippen molar-refractivity contribution in [3.05, 3.63) is 41.7 Å². The predicted molar refractivity (Wildman–Crippen MR) is 87.3 cm³/mol. The minimum absolute atomic E-state index is 0.377. The van der Waals surface area contributed by atoms with E-state index in [2.05, 4.69) is 11.9 Å². The van der Waals surface area contributed by atoms with Crippen LogP contribution in [0.2, 0.25) is 0 Å². The number of unbranched alkanes of at least 4 members (excludes halogenated alkanes) is 5. The van der Waals surface area contributed by atoms with Gasteiger partial charge in [-0.3, -0.25) is 9.78 Å². The molecule has 0 aliphatic heterocycles. The van der Waals surface area contributed by atoms with E-state index in [9.17, 15) is 4.79 Å². The van der Waals surface area contributed by atoms with Crippen molar-refractivity contribution in [1.82, 2.24) is 4.98 Å². The number of rotatable bonds is 8. The van der Waals surface area contributed by atoms with E-state index in [4.69, 9.17) is 5.73 Å². The number of primary amides is 1. The molecular weight excluding hydrogens is 260 g/mol. The van der Waals surface area contributed by atoms with Gasteiger partial charge in [-0.05, 0) is 30.4 Å². The monoisotopic (exact) mass is 284 g/mol. The first kappa shape index (κ1) is 15.5. The maximum atomic E-state index is 11.6. The van der Waals surface area contributed by atoms with Gasteiger partial charge in [0.1, 0.15) is 0 Å². The number of pyridine rings is 1. The van der Waals surface area contributed by atoms with Gasteiger partial charge in [0, 0.05) is 22.8 Å². The summed E-state index contributed by atoms with van der Waals surface area (Å²) in [6, 6.07) is 7.61. The summed E-state index contributed by atoms with van der Waals surface area (Å²) >= 11 is 0. The normalized spacial score (nSPS) is 10.9. The van der Waals surface area contributed by atoms with Crippen molar-refractivity contribution in [3.8, 4) is 0 Å². The second-order valence-corrected chi connectivity index (χ2v) is 5.54. The average molecular weight is 284 g/mol. The number of nitrogens with zero attached hydrogens (tertiary/aromatic N) is 1. The van der Waals surface area contributed by atoms with E-state index < -0.39 is 0 Å². The van der Waals surface area contributed by atoms with Gasteiger partial charge in [0.15, 0.2) is 0 Å². The summed E-state index contributed by atoms with van der Waals surface area (Å²) in [5.74, 6) is -0.377. The maximum absolute atomic E-state index is 11.6. The highest BCUT2D eigenvalue weighted by atomic mass is 16.1. The van der Waals surface area contributed by atoms with Gasteiger partial charge in [-0.25, -0.2) is 0 Å². The Bertz CT molecular complexity index is 602. The Balaban J connectivity index is 2.10. The molecule has 3 nitrogen and oxygen atoms in total. The lowest BCUT2D eigenvalue weighted by Gasteiger charge is -2.09. The molecule has 0 bridgehead atoms. The first-order valence-electron chi connectivity index (χ1n) is 7.90. The molecule has 21 heavy (non-hydrogen) atoms. The zero-order valence-electron chi connectivity index (χ0n) is 12.8. The van der Waals surface area contributed by atoms with Gasteiger partial charge < -0.3 is 5.73 Å². The Morgan fingerprint density at radius 1 is 1.10 bits per heavy atom. The van der Waals surface area contributed by atoms with Crippen LogP contribution in [-0.4, -0.2) is 10.9 Å². The summed E-state index contributed by atoms with van der Waals surface area (Å²) in [7, 11) is 0. The van der Waals surface area contributed by atoms with Crippen LogP contribution in [0.5, 0.6) is 0 Å². The zero-order chi connectivity index (χ0) is 15.1. The molecule has 0 fully saturated rings. The molecule has 0 radical (unpaired) electrons. The molecule has 0 saturated carbocycles. The van der Waals surface area contributed by atoms with Crippen molar-refractivity contribution in [3.63, 3.8) is 0 Å². The van der Waals surface area contributed by atoms with Crippen LogP contribution < -0.4 is 5.73 Å². The standard InChI is InChI=1S/C18H24N2O/c1-2-3-4-5-6-7-11-16-17-14(12-13-20-16)9-8-10-15(17)18(19)21/h8-10,12-13H,2-7,11H2,1H3,(H2,19,21). The molecule has 112 valence electrons. The van der Waals surface area contributed by atoms with Crippen molar-refractivity contribution in [1.29, 1.82) is 0 Å². The van der Waals surface area contributed by atoms with Gasteiger partial charge in [-0.1, -0.05) is 51.2 Å². The summed E-state index contributed by atoms with van der Waals surface area (Å²) in [4.78, 5) is 16.1. The second kappa shape index (κ2) is 7.77. The smallest absolute Gasteiger partial charge is 0.249 e. The van der Waals surface area contributed by atoms with E-state index in [0.29, 0.717) is 5.56 Å². The minimum atomic E-state index is -0.377. The minimum Gasteiger partial charge on any atom is -0.366 e. The lowest BCUT2D eigenvalue weighted by molar-refractivity contribution is 0.100. The van der Waals surface area contributed by atoms with E-state index >= 15 is 0 Å². The van der Waals surface area contributed by atoms with Crippen LogP contribution in [0, 0.1) is 0 Å². The molecule has 0 unspecified atom stereocenters. The third kappa shape index (κ3) is 4.03. The maximum Gasteiger partial charge on any atom is 0.249 e. The molecule has 1 heterocycles. The van der Waals surface area contributed by atoms with Crippen molar-refractivity contribution >= 4 is 16.7 Å². The Kier molecular flexibility index (Phi) is 5.73. The van der Waals surface area contributed by atoms with E-state index in [-0.39, 0.29) is 5.91 Å². The number of hydrogen-bond donors (Lipinski definition) is 1. The molecule has 2 N–H and O–H groups in total. The quantitative estimate of drug-likeness (QED) is 0.737. The van der Waals surface area contributed by atoms with Gasteiger partial charge in [0.25, 0.3) is 0 Å². The summed E-state index contributed by atoms with van der Waals surface area (Å²) in [5, 5.41) is 1.98. The molecule has 2 aromatic rings. The number of fused-ring (bicyclic) bond motifs is 1. The van der Waals surface area contributed by atoms with Crippen LogP contribution in [-0.2, 0) is 6.42 Å². The van der Waals surface area contributed by atoms with Gasteiger partial charge in [0.2, 0.25) is 5.91 Å². The number of amides is 1. The number of nitrogens with two attached hydrogens (primary N) is 1. The van der Waals surface area contributed by atoms with Gasteiger partial charge in [-0.15, -0.1) is 0 Å². The lowest BCUT2D eigenvalue weighted by Crippen LogP contribution is -2.12. The number of benzene rings is 1. The predicted octanol–water partition coefficient (Wildman–Crippen LogP) is 4.24. The first-order valence-corrected chi connectivity index (χ1v) is 7.90. The fourth-order valence-corrected chi connectivity index (χ4v) is 2.77. The molecule has 1 amide bonds. The molecule has 0 aliphatic rings. The zero-order valence-corrected chi connectivity index (χ0v) is 12.8. The molecular formula is C18H24N2O. The van der Waals surface area contributed by atoms with Crippen molar-refractivity contribution in [2.24, 2.45) is 5.73 Å².